The molecular formula is C15H18BrFO. The van der Waals surface area contributed by atoms with Crippen molar-refractivity contribution < 1.29 is 9.18 Å². The van der Waals surface area contributed by atoms with Crippen LogP contribution in [0.3, 0.4) is 0 Å². The third-order valence-corrected chi connectivity index (χ3v) is 4.02. The molecular weight excluding hydrogens is 295 g/mol. The van der Waals surface area contributed by atoms with Gasteiger partial charge in [-0.05, 0) is 29.7 Å². The van der Waals surface area contributed by atoms with Gasteiger partial charge >= 0.3 is 0 Å². The largest absolute Gasteiger partial charge is 0.299 e. The molecule has 0 saturated heterocycles. The Morgan fingerprint density at radius 3 is 2.61 bits per heavy atom. The Kier molecular flexibility index (Phi) is 4.93. The standard InChI is InChI=1S/C15H18BrFO/c16-13-6-12(7-14(17)10-13)9-15(18)8-11-4-2-1-3-5-11/h6-7,10-11H,1-5,8-9H2. The summed E-state index contributed by atoms with van der Waals surface area (Å²) in [6.07, 6.45) is 7.19. The van der Waals surface area contributed by atoms with E-state index in [1.54, 1.807) is 0 Å². The van der Waals surface area contributed by atoms with Gasteiger partial charge in [-0.3, -0.25) is 4.79 Å². The molecule has 0 bridgehead atoms. The zero-order valence-electron chi connectivity index (χ0n) is 10.4. The fourth-order valence-electron chi connectivity index (χ4n) is 2.73. The summed E-state index contributed by atoms with van der Waals surface area (Å²) in [4.78, 5) is 12.0. The van der Waals surface area contributed by atoms with Crippen molar-refractivity contribution in [2.45, 2.75) is 44.9 Å². The monoisotopic (exact) mass is 312 g/mol. The van der Waals surface area contributed by atoms with Gasteiger partial charge in [-0.2, -0.15) is 0 Å². The highest BCUT2D eigenvalue weighted by Gasteiger charge is 2.17. The van der Waals surface area contributed by atoms with Crippen molar-refractivity contribution in [1.82, 2.24) is 0 Å². The van der Waals surface area contributed by atoms with Gasteiger partial charge in [-0.25, -0.2) is 4.39 Å². The summed E-state index contributed by atoms with van der Waals surface area (Å²) in [5, 5.41) is 0. The molecule has 1 fully saturated rings. The Morgan fingerprint density at radius 1 is 1.22 bits per heavy atom. The van der Waals surface area contributed by atoms with Crippen molar-refractivity contribution in [1.29, 1.82) is 0 Å². The van der Waals surface area contributed by atoms with Crippen molar-refractivity contribution in [3.05, 3.63) is 34.1 Å². The lowest BCUT2D eigenvalue weighted by Gasteiger charge is -2.20. The van der Waals surface area contributed by atoms with E-state index in [0.717, 1.165) is 5.56 Å². The van der Waals surface area contributed by atoms with E-state index in [1.165, 1.54) is 44.2 Å². The molecule has 0 N–H and O–H groups in total. The Morgan fingerprint density at radius 2 is 1.94 bits per heavy atom. The number of Topliss-reactive ketones (excluding diaryl/α,β-unsaturated/α-hetero) is 1. The molecule has 1 aliphatic carbocycles. The minimum Gasteiger partial charge on any atom is -0.299 e. The van der Waals surface area contributed by atoms with Gasteiger partial charge in [0.2, 0.25) is 0 Å². The number of carbonyl (C=O) groups excluding carboxylic acids is 1. The number of rotatable bonds is 4. The summed E-state index contributed by atoms with van der Waals surface area (Å²) in [6, 6.07) is 4.68. The zero-order chi connectivity index (χ0) is 13.0. The van der Waals surface area contributed by atoms with Crippen LogP contribution >= 0.6 is 15.9 Å². The maximum Gasteiger partial charge on any atom is 0.137 e. The minimum absolute atomic E-state index is 0.236. The summed E-state index contributed by atoms with van der Waals surface area (Å²) in [5.74, 6) is 0.507. The van der Waals surface area contributed by atoms with Crippen LogP contribution in [0.15, 0.2) is 22.7 Å². The second-order valence-electron chi connectivity index (χ2n) is 5.20. The van der Waals surface area contributed by atoms with Crippen LogP contribution in [0.5, 0.6) is 0 Å². The first-order valence-electron chi connectivity index (χ1n) is 6.60. The fraction of sp³-hybridized carbons (Fsp3) is 0.533. The van der Waals surface area contributed by atoms with Gasteiger partial charge in [-0.1, -0.05) is 48.0 Å². The zero-order valence-corrected chi connectivity index (χ0v) is 12.0. The topological polar surface area (TPSA) is 17.1 Å². The molecule has 18 heavy (non-hydrogen) atoms. The SMILES string of the molecule is O=C(Cc1cc(F)cc(Br)c1)CC1CCCCC1. The van der Waals surface area contributed by atoms with E-state index in [-0.39, 0.29) is 11.6 Å². The van der Waals surface area contributed by atoms with E-state index in [0.29, 0.717) is 23.2 Å². The van der Waals surface area contributed by atoms with Gasteiger partial charge in [0.05, 0.1) is 0 Å². The number of benzene rings is 1. The number of carbonyl (C=O) groups is 1. The number of ketones is 1. The summed E-state index contributed by atoms with van der Waals surface area (Å²) in [5.41, 5.74) is 0.766. The van der Waals surface area contributed by atoms with Crippen molar-refractivity contribution in [3.63, 3.8) is 0 Å². The lowest BCUT2D eigenvalue weighted by atomic mass is 9.85. The van der Waals surface area contributed by atoms with E-state index in [2.05, 4.69) is 15.9 Å². The molecule has 1 aromatic rings. The van der Waals surface area contributed by atoms with Crippen LogP contribution in [-0.4, -0.2) is 5.78 Å². The molecule has 3 heteroatoms. The average molecular weight is 313 g/mol. The summed E-state index contributed by atoms with van der Waals surface area (Å²) in [7, 11) is 0. The van der Waals surface area contributed by atoms with Crippen molar-refractivity contribution in [3.8, 4) is 0 Å². The molecule has 0 unspecified atom stereocenters. The van der Waals surface area contributed by atoms with E-state index in [1.807, 2.05) is 6.07 Å². The van der Waals surface area contributed by atoms with Crippen LogP contribution in [-0.2, 0) is 11.2 Å². The summed E-state index contributed by atoms with van der Waals surface area (Å²) in [6.45, 7) is 0. The molecule has 0 aromatic heterocycles. The van der Waals surface area contributed by atoms with Crippen molar-refractivity contribution in [2.24, 2.45) is 5.92 Å². The summed E-state index contributed by atoms with van der Waals surface area (Å²) < 4.78 is 13.9. The predicted molar refractivity (Wildman–Crippen MR) is 74.0 cm³/mol. The molecule has 2 rings (SSSR count). The molecule has 0 heterocycles. The highest BCUT2D eigenvalue weighted by molar-refractivity contribution is 9.10. The molecule has 0 amide bonds. The van der Waals surface area contributed by atoms with E-state index >= 15 is 0 Å². The number of hydrogen-bond acceptors (Lipinski definition) is 1. The van der Waals surface area contributed by atoms with Crippen LogP contribution in [0.2, 0.25) is 0 Å². The number of halogens is 2. The first kappa shape index (κ1) is 13.7. The molecule has 1 aromatic carbocycles. The molecule has 1 nitrogen and oxygen atoms in total. The second-order valence-corrected chi connectivity index (χ2v) is 6.12. The van der Waals surface area contributed by atoms with Gasteiger partial charge < -0.3 is 0 Å². The van der Waals surface area contributed by atoms with Crippen LogP contribution in [0.4, 0.5) is 4.39 Å². The maximum atomic E-state index is 13.2. The molecule has 0 radical (unpaired) electrons. The van der Waals surface area contributed by atoms with E-state index in [9.17, 15) is 9.18 Å². The van der Waals surface area contributed by atoms with Crippen LogP contribution < -0.4 is 0 Å². The quantitative estimate of drug-likeness (QED) is 0.789. The van der Waals surface area contributed by atoms with Gasteiger partial charge in [0.15, 0.2) is 0 Å². The summed E-state index contributed by atoms with van der Waals surface area (Å²) >= 11 is 3.25. The van der Waals surface area contributed by atoms with E-state index < -0.39 is 0 Å². The highest BCUT2D eigenvalue weighted by Crippen LogP contribution is 2.27. The molecule has 0 spiro atoms. The lowest BCUT2D eigenvalue weighted by Crippen LogP contribution is -2.13. The normalized spacial score (nSPS) is 16.8. The lowest BCUT2D eigenvalue weighted by molar-refractivity contribution is -0.119. The Balaban J connectivity index is 1.89. The molecule has 98 valence electrons. The predicted octanol–water partition coefficient (Wildman–Crippen LogP) is 4.67. The molecule has 1 aliphatic rings. The van der Waals surface area contributed by atoms with E-state index in [4.69, 9.17) is 0 Å². The Labute approximate surface area is 116 Å². The Hall–Kier alpha value is -0.700. The first-order valence-corrected chi connectivity index (χ1v) is 7.39. The maximum absolute atomic E-state index is 13.2. The number of hydrogen-bond donors (Lipinski definition) is 0. The smallest absolute Gasteiger partial charge is 0.137 e. The van der Waals surface area contributed by atoms with Crippen LogP contribution in [0.25, 0.3) is 0 Å². The fourth-order valence-corrected chi connectivity index (χ4v) is 3.24. The average Bonchev–Trinajstić information content (AvgIpc) is 2.28. The van der Waals surface area contributed by atoms with Gasteiger partial charge in [-0.15, -0.1) is 0 Å². The minimum atomic E-state index is -0.287. The van der Waals surface area contributed by atoms with Crippen LogP contribution in [0.1, 0.15) is 44.1 Å². The van der Waals surface area contributed by atoms with Crippen molar-refractivity contribution >= 4 is 21.7 Å². The highest BCUT2D eigenvalue weighted by atomic mass is 79.9. The first-order chi connectivity index (χ1) is 8.63. The van der Waals surface area contributed by atoms with Gasteiger partial charge in [0, 0.05) is 17.3 Å². The third kappa shape index (κ3) is 4.20. The Bertz CT molecular complexity index is 404. The molecule has 0 aliphatic heterocycles. The van der Waals surface area contributed by atoms with Crippen molar-refractivity contribution in [2.75, 3.05) is 0 Å². The van der Waals surface area contributed by atoms with Gasteiger partial charge in [0.25, 0.3) is 0 Å². The molecule has 0 atom stereocenters. The third-order valence-electron chi connectivity index (χ3n) is 3.56. The van der Waals surface area contributed by atoms with Crippen LogP contribution in [0, 0.1) is 11.7 Å². The van der Waals surface area contributed by atoms with Gasteiger partial charge in [0.1, 0.15) is 11.6 Å². The molecule has 1 saturated carbocycles. The second kappa shape index (κ2) is 6.46.